The van der Waals surface area contributed by atoms with Gasteiger partial charge in [0.25, 0.3) is 5.56 Å². The minimum Gasteiger partial charge on any atom is -0.302 e. The van der Waals surface area contributed by atoms with E-state index < -0.39 is 41.3 Å². The summed E-state index contributed by atoms with van der Waals surface area (Å²) in [6.07, 6.45) is 4.29. The maximum Gasteiger partial charge on any atom is 0.490 e. The zero-order valence-corrected chi connectivity index (χ0v) is 16.4. The molecule has 0 spiro atoms. The lowest BCUT2D eigenvalue weighted by molar-refractivity contribution is 0.174. The summed E-state index contributed by atoms with van der Waals surface area (Å²) < 4.78 is 45.6. The van der Waals surface area contributed by atoms with Crippen LogP contribution in [0, 0.1) is 6.92 Å². The van der Waals surface area contributed by atoms with E-state index in [0.717, 1.165) is 0 Å². The van der Waals surface area contributed by atoms with Gasteiger partial charge in [0, 0.05) is 18.3 Å². The molecular formula is C10H17N2O12P3. The average molecular weight is 450 g/mol. The highest BCUT2D eigenvalue weighted by molar-refractivity contribution is 7.66. The Hall–Kier alpha value is -1.17. The fourth-order valence-corrected chi connectivity index (χ4v) is 4.63. The third-order valence-electron chi connectivity index (χ3n) is 2.61. The second-order valence-corrected chi connectivity index (χ2v) is 9.33. The summed E-state index contributed by atoms with van der Waals surface area (Å²) in [6, 6.07) is 0. The molecule has 0 bridgehead atoms. The lowest BCUT2D eigenvalue weighted by Crippen LogP contribution is -2.30. The van der Waals surface area contributed by atoms with E-state index in [-0.39, 0.29) is 13.0 Å². The van der Waals surface area contributed by atoms with Gasteiger partial charge in [-0.1, -0.05) is 12.2 Å². The number of nitrogens with zero attached hydrogens (tertiary/aromatic N) is 1. The van der Waals surface area contributed by atoms with Crippen molar-refractivity contribution in [3.63, 3.8) is 0 Å². The van der Waals surface area contributed by atoms with E-state index in [1.54, 1.807) is 0 Å². The molecule has 154 valence electrons. The van der Waals surface area contributed by atoms with Crippen molar-refractivity contribution in [2.75, 3.05) is 6.61 Å². The molecule has 0 aliphatic carbocycles. The van der Waals surface area contributed by atoms with Gasteiger partial charge in [0.05, 0.1) is 6.61 Å². The highest BCUT2D eigenvalue weighted by atomic mass is 31.3. The Balaban J connectivity index is 2.50. The Labute approximate surface area is 151 Å². The maximum absolute atomic E-state index is 11.5. The molecule has 2 unspecified atom stereocenters. The molecule has 0 radical (unpaired) electrons. The summed E-state index contributed by atoms with van der Waals surface area (Å²) >= 11 is 0. The predicted octanol–water partition coefficient (Wildman–Crippen LogP) is 0.135. The van der Waals surface area contributed by atoms with Crippen molar-refractivity contribution >= 4 is 23.5 Å². The van der Waals surface area contributed by atoms with Crippen LogP contribution in [0.3, 0.4) is 0 Å². The van der Waals surface area contributed by atoms with Gasteiger partial charge in [0.15, 0.2) is 0 Å². The molecule has 0 fully saturated rings. The SMILES string of the molecule is Cc1cn(C/C=C\CCOP(=O)(O)OP(=O)(O)OP(=O)(O)O)c(=O)[nH]c1=O. The standard InChI is InChI=1S/C10H17N2O12P3/c1-8-7-12(10(14)11-9(8)13)5-3-2-4-6-22-26(18,19)24-27(20,21)23-25(15,16)17/h2-3,7H,4-6H2,1H3,(H,18,19)(H,20,21)(H,11,13,14)(H2,15,16,17)/b3-2-. The van der Waals surface area contributed by atoms with Crippen molar-refractivity contribution in [2.45, 2.75) is 19.9 Å². The normalized spacial score (nSPS) is 16.9. The summed E-state index contributed by atoms with van der Waals surface area (Å²) in [5.41, 5.74) is -0.796. The first-order valence-corrected chi connectivity index (χ1v) is 11.5. The number of aromatic amines is 1. The smallest absolute Gasteiger partial charge is 0.302 e. The molecule has 1 heterocycles. The topological polar surface area (TPSA) is 215 Å². The fourth-order valence-electron chi connectivity index (χ4n) is 1.60. The largest absolute Gasteiger partial charge is 0.490 e. The van der Waals surface area contributed by atoms with Gasteiger partial charge in [-0.25, -0.2) is 18.5 Å². The first-order chi connectivity index (χ1) is 12.2. The van der Waals surface area contributed by atoms with E-state index in [1.807, 2.05) is 0 Å². The Bertz CT molecular complexity index is 943. The van der Waals surface area contributed by atoms with E-state index in [9.17, 15) is 28.2 Å². The molecule has 17 heteroatoms. The first-order valence-electron chi connectivity index (χ1n) is 6.94. The van der Waals surface area contributed by atoms with Crippen molar-refractivity contribution in [3.05, 3.63) is 44.8 Å². The van der Waals surface area contributed by atoms with E-state index >= 15 is 0 Å². The number of H-pyrrole nitrogens is 1. The van der Waals surface area contributed by atoms with E-state index in [0.29, 0.717) is 5.56 Å². The molecule has 1 aromatic rings. The van der Waals surface area contributed by atoms with Crippen LogP contribution in [-0.2, 0) is 33.4 Å². The van der Waals surface area contributed by atoms with Crippen LogP contribution in [0.5, 0.6) is 0 Å². The van der Waals surface area contributed by atoms with Gasteiger partial charge in [0.2, 0.25) is 0 Å². The van der Waals surface area contributed by atoms with E-state index in [4.69, 9.17) is 14.7 Å². The fraction of sp³-hybridized carbons (Fsp3) is 0.400. The number of allylic oxidation sites excluding steroid dienone is 1. The number of aryl methyl sites for hydroxylation is 1. The van der Waals surface area contributed by atoms with E-state index in [2.05, 4.69) is 18.1 Å². The Morgan fingerprint density at radius 1 is 1.07 bits per heavy atom. The summed E-state index contributed by atoms with van der Waals surface area (Å²) in [7, 11) is -16.1. The average Bonchev–Trinajstić information content (AvgIpc) is 2.43. The van der Waals surface area contributed by atoms with Crippen molar-refractivity contribution in [3.8, 4) is 0 Å². The van der Waals surface area contributed by atoms with Crippen molar-refractivity contribution in [1.29, 1.82) is 0 Å². The molecular weight excluding hydrogens is 433 g/mol. The summed E-state index contributed by atoms with van der Waals surface area (Å²) in [4.78, 5) is 59.8. The van der Waals surface area contributed by atoms with E-state index in [1.165, 1.54) is 29.8 Å². The minimum atomic E-state index is -5.54. The Kier molecular flexibility index (Phi) is 8.27. The number of phosphoric ester groups is 1. The van der Waals surface area contributed by atoms with Gasteiger partial charge >= 0.3 is 29.2 Å². The van der Waals surface area contributed by atoms with Crippen LogP contribution < -0.4 is 11.2 Å². The van der Waals surface area contributed by atoms with Gasteiger partial charge in [0.1, 0.15) is 0 Å². The van der Waals surface area contributed by atoms with Gasteiger partial charge in [-0.15, -0.1) is 0 Å². The predicted molar refractivity (Wildman–Crippen MR) is 89.6 cm³/mol. The van der Waals surface area contributed by atoms with Gasteiger partial charge in [-0.05, 0) is 13.3 Å². The maximum atomic E-state index is 11.5. The molecule has 0 aliphatic heterocycles. The highest BCUT2D eigenvalue weighted by Crippen LogP contribution is 2.66. The monoisotopic (exact) mass is 450 g/mol. The first kappa shape index (κ1) is 23.9. The second-order valence-electron chi connectivity index (χ2n) is 4.91. The molecule has 1 rings (SSSR count). The van der Waals surface area contributed by atoms with Crippen molar-refractivity contribution in [1.82, 2.24) is 9.55 Å². The van der Waals surface area contributed by atoms with Crippen molar-refractivity contribution < 1.29 is 46.4 Å². The minimum absolute atomic E-state index is 0.0140. The molecule has 0 saturated heterocycles. The molecule has 0 aliphatic rings. The number of nitrogens with one attached hydrogen (secondary N) is 1. The molecule has 0 saturated carbocycles. The van der Waals surface area contributed by atoms with Gasteiger partial charge in [-0.2, -0.15) is 8.62 Å². The highest BCUT2D eigenvalue weighted by Gasteiger charge is 2.40. The summed E-state index contributed by atoms with van der Waals surface area (Å²) in [5, 5.41) is 0. The molecule has 5 N–H and O–H groups in total. The molecule has 14 nitrogen and oxygen atoms in total. The molecule has 1 aromatic heterocycles. The van der Waals surface area contributed by atoms with Crippen molar-refractivity contribution in [2.24, 2.45) is 0 Å². The van der Waals surface area contributed by atoms with Gasteiger partial charge in [-0.3, -0.25) is 18.9 Å². The number of hydrogen-bond acceptors (Lipinski definition) is 8. The number of aromatic nitrogens is 2. The van der Waals surface area contributed by atoms with Crippen LogP contribution in [0.15, 0.2) is 27.9 Å². The molecule has 0 aromatic carbocycles. The van der Waals surface area contributed by atoms with Crippen LogP contribution in [-0.4, -0.2) is 35.7 Å². The number of phosphoric acid groups is 3. The lowest BCUT2D eigenvalue weighted by Gasteiger charge is -2.15. The zero-order chi connectivity index (χ0) is 20.9. The summed E-state index contributed by atoms with van der Waals surface area (Å²) in [6.45, 7) is 1.13. The van der Waals surface area contributed by atoms with Gasteiger partial charge < -0.3 is 19.6 Å². The van der Waals surface area contributed by atoms with Crippen LogP contribution in [0.25, 0.3) is 0 Å². The lowest BCUT2D eigenvalue weighted by atomic mass is 10.3. The molecule has 0 amide bonds. The third-order valence-corrected chi connectivity index (χ3v) is 6.45. The molecule has 2 atom stereocenters. The van der Waals surface area contributed by atoms with Crippen LogP contribution >= 0.6 is 23.5 Å². The Morgan fingerprint density at radius 2 is 1.70 bits per heavy atom. The van der Waals surface area contributed by atoms with Crippen LogP contribution in [0.4, 0.5) is 0 Å². The molecule has 27 heavy (non-hydrogen) atoms. The number of rotatable bonds is 10. The number of hydrogen-bond donors (Lipinski definition) is 5. The summed E-state index contributed by atoms with van der Waals surface area (Å²) in [5.74, 6) is 0. The quantitative estimate of drug-likeness (QED) is 0.183. The zero-order valence-electron chi connectivity index (χ0n) is 13.7. The van der Waals surface area contributed by atoms with Crippen LogP contribution in [0.1, 0.15) is 12.0 Å². The second kappa shape index (κ2) is 9.35. The third kappa shape index (κ3) is 9.54. The Morgan fingerprint density at radius 3 is 2.30 bits per heavy atom. The van der Waals surface area contributed by atoms with Crippen LogP contribution in [0.2, 0.25) is 0 Å².